The lowest BCUT2D eigenvalue weighted by molar-refractivity contribution is -0.126. The third kappa shape index (κ3) is 2.24. The Labute approximate surface area is 111 Å². The number of halogens is 1. The zero-order valence-corrected chi connectivity index (χ0v) is 10.9. The van der Waals surface area contributed by atoms with Gasteiger partial charge in [-0.15, -0.1) is 0 Å². The number of hydrogen-bond acceptors (Lipinski definition) is 3. The number of nitrogens with zero attached hydrogens (tertiary/aromatic N) is 1. The quantitative estimate of drug-likeness (QED) is 0.825. The second-order valence-electron chi connectivity index (χ2n) is 5.02. The summed E-state index contributed by atoms with van der Waals surface area (Å²) in [6.45, 7) is 3.79. The lowest BCUT2D eigenvalue weighted by Gasteiger charge is -2.32. The maximum absolute atomic E-state index is 13.3. The molecule has 102 valence electrons. The summed E-state index contributed by atoms with van der Waals surface area (Å²) in [5.41, 5.74) is 1.73. The molecule has 2 atom stereocenters. The Morgan fingerprint density at radius 2 is 2.37 bits per heavy atom. The molecule has 19 heavy (non-hydrogen) atoms. The van der Waals surface area contributed by atoms with E-state index >= 15 is 0 Å². The van der Waals surface area contributed by atoms with E-state index in [1.165, 1.54) is 12.1 Å². The van der Waals surface area contributed by atoms with Crippen LogP contribution < -0.4 is 10.2 Å². The molecule has 1 fully saturated rings. The van der Waals surface area contributed by atoms with Gasteiger partial charge in [-0.3, -0.25) is 4.79 Å². The number of fused-ring (bicyclic) bond motifs is 1. The minimum absolute atomic E-state index is 0.0310. The molecule has 4 nitrogen and oxygen atoms in total. The number of nitrogens with one attached hydrogen (secondary N) is 1. The summed E-state index contributed by atoms with van der Waals surface area (Å²) in [4.78, 5) is 14.2. The number of morpholine rings is 1. The first-order valence-corrected chi connectivity index (χ1v) is 6.61. The van der Waals surface area contributed by atoms with Gasteiger partial charge in [0, 0.05) is 18.8 Å². The van der Waals surface area contributed by atoms with Crippen LogP contribution in [0.5, 0.6) is 0 Å². The standard InChI is InChI=1S/C14H17FN2O2/c1-9-13(16-5-7-19-9)14(18)17-6-4-10-2-3-11(15)8-12(10)17/h2-3,8-9,13,16H,4-7H2,1H3/t9-,13+/m1/s1. The highest BCUT2D eigenvalue weighted by molar-refractivity contribution is 5.99. The molecule has 1 aromatic rings. The van der Waals surface area contributed by atoms with Gasteiger partial charge in [0.15, 0.2) is 0 Å². The Kier molecular flexibility index (Phi) is 3.24. The van der Waals surface area contributed by atoms with Gasteiger partial charge in [-0.1, -0.05) is 6.07 Å². The fourth-order valence-corrected chi connectivity index (χ4v) is 2.76. The molecule has 3 rings (SSSR count). The number of rotatable bonds is 1. The number of carbonyl (C=O) groups excluding carboxylic acids is 1. The second-order valence-corrected chi connectivity index (χ2v) is 5.02. The number of anilines is 1. The average Bonchev–Trinajstić information content (AvgIpc) is 2.81. The van der Waals surface area contributed by atoms with E-state index in [2.05, 4.69) is 5.32 Å². The Bertz CT molecular complexity index is 506. The molecule has 0 spiro atoms. The first kappa shape index (κ1) is 12.6. The summed E-state index contributed by atoms with van der Waals surface area (Å²) in [6, 6.07) is 4.29. The van der Waals surface area contributed by atoms with E-state index in [1.54, 1.807) is 11.0 Å². The van der Waals surface area contributed by atoms with Crippen molar-refractivity contribution in [3.8, 4) is 0 Å². The Morgan fingerprint density at radius 1 is 1.53 bits per heavy atom. The van der Waals surface area contributed by atoms with Crippen LogP contribution in [0.3, 0.4) is 0 Å². The molecule has 0 aromatic heterocycles. The van der Waals surface area contributed by atoms with Crippen molar-refractivity contribution in [1.29, 1.82) is 0 Å². The van der Waals surface area contributed by atoms with Crippen molar-refractivity contribution in [2.75, 3.05) is 24.6 Å². The van der Waals surface area contributed by atoms with Gasteiger partial charge in [-0.2, -0.15) is 0 Å². The first-order chi connectivity index (χ1) is 9.16. The topological polar surface area (TPSA) is 41.6 Å². The molecular weight excluding hydrogens is 247 g/mol. The average molecular weight is 264 g/mol. The fourth-order valence-electron chi connectivity index (χ4n) is 2.76. The van der Waals surface area contributed by atoms with Gasteiger partial charge in [0.2, 0.25) is 5.91 Å². The predicted octanol–water partition coefficient (Wildman–Crippen LogP) is 1.09. The van der Waals surface area contributed by atoms with Crippen LogP contribution in [0, 0.1) is 5.82 Å². The van der Waals surface area contributed by atoms with Crippen LogP contribution >= 0.6 is 0 Å². The van der Waals surface area contributed by atoms with E-state index in [1.807, 2.05) is 6.92 Å². The van der Waals surface area contributed by atoms with Gasteiger partial charge in [-0.05, 0) is 31.0 Å². The predicted molar refractivity (Wildman–Crippen MR) is 69.7 cm³/mol. The van der Waals surface area contributed by atoms with Gasteiger partial charge in [0.25, 0.3) is 0 Å². The molecule has 2 aliphatic rings. The van der Waals surface area contributed by atoms with E-state index < -0.39 is 0 Å². The van der Waals surface area contributed by atoms with Gasteiger partial charge >= 0.3 is 0 Å². The van der Waals surface area contributed by atoms with Gasteiger partial charge in [0.1, 0.15) is 11.9 Å². The molecule has 1 N–H and O–H groups in total. The largest absolute Gasteiger partial charge is 0.375 e. The zero-order chi connectivity index (χ0) is 13.4. The van der Waals surface area contributed by atoms with E-state index in [9.17, 15) is 9.18 Å². The molecule has 0 saturated carbocycles. The maximum Gasteiger partial charge on any atom is 0.246 e. The van der Waals surface area contributed by atoms with Crippen LogP contribution in [0.1, 0.15) is 12.5 Å². The van der Waals surface area contributed by atoms with Crippen LogP contribution in [-0.2, 0) is 16.0 Å². The smallest absolute Gasteiger partial charge is 0.246 e. The van der Waals surface area contributed by atoms with Crippen LogP contribution in [0.2, 0.25) is 0 Å². The zero-order valence-electron chi connectivity index (χ0n) is 10.9. The summed E-state index contributed by atoms with van der Waals surface area (Å²) in [5, 5.41) is 3.18. The molecule has 1 amide bonds. The molecule has 0 bridgehead atoms. The van der Waals surface area contributed by atoms with Gasteiger partial charge < -0.3 is 15.0 Å². The Morgan fingerprint density at radius 3 is 3.16 bits per heavy atom. The maximum atomic E-state index is 13.3. The van der Waals surface area contributed by atoms with E-state index in [0.717, 1.165) is 12.0 Å². The van der Waals surface area contributed by atoms with Crippen molar-refractivity contribution in [3.63, 3.8) is 0 Å². The van der Waals surface area contributed by atoms with E-state index in [-0.39, 0.29) is 23.9 Å². The summed E-state index contributed by atoms with van der Waals surface area (Å²) >= 11 is 0. The molecule has 0 radical (unpaired) electrons. The van der Waals surface area contributed by atoms with Crippen molar-refractivity contribution in [3.05, 3.63) is 29.6 Å². The van der Waals surface area contributed by atoms with Crippen molar-refractivity contribution in [2.45, 2.75) is 25.5 Å². The molecule has 0 unspecified atom stereocenters. The molecule has 2 aliphatic heterocycles. The lowest BCUT2D eigenvalue weighted by Crippen LogP contribution is -2.56. The van der Waals surface area contributed by atoms with Crippen molar-refractivity contribution in [2.24, 2.45) is 0 Å². The molecular formula is C14H17FN2O2. The number of hydrogen-bond donors (Lipinski definition) is 1. The Balaban J connectivity index is 1.84. The second kappa shape index (κ2) is 4.90. The van der Waals surface area contributed by atoms with Crippen LogP contribution in [0.15, 0.2) is 18.2 Å². The third-order valence-corrected chi connectivity index (χ3v) is 3.79. The van der Waals surface area contributed by atoms with Gasteiger partial charge in [-0.25, -0.2) is 4.39 Å². The minimum atomic E-state index is -0.344. The number of benzene rings is 1. The lowest BCUT2D eigenvalue weighted by atomic mass is 10.1. The van der Waals surface area contributed by atoms with Crippen LogP contribution in [-0.4, -0.2) is 37.7 Å². The molecule has 1 saturated heterocycles. The first-order valence-electron chi connectivity index (χ1n) is 6.61. The van der Waals surface area contributed by atoms with Crippen molar-refractivity contribution < 1.29 is 13.9 Å². The van der Waals surface area contributed by atoms with Crippen LogP contribution in [0.4, 0.5) is 10.1 Å². The number of carbonyl (C=O) groups is 1. The fraction of sp³-hybridized carbons (Fsp3) is 0.500. The number of ether oxygens (including phenoxy) is 1. The monoisotopic (exact) mass is 264 g/mol. The molecule has 5 heteroatoms. The minimum Gasteiger partial charge on any atom is -0.375 e. The van der Waals surface area contributed by atoms with Crippen molar-refractivity contribution >= 4 is 11.6 Å². The van der Waals surface area contributed by atoms with E-state index in [0.29, 0.717) is 25.4 Å². The van der Waals surface area contributed by atoms with Gasteiger partial charge in [0.05, 0.1) is 12.7 Å². The highest BCUT2D eigenvalue weighted by Gasteiger charge is 2.35. The summed E-state index contributed by atoms with van der Waals surface area (Å²) in [7, 11) is 0. The molecule has 2 heterocycles. The molecule has 0 aliphatic carbocycles. The highest BCUT2D eigenvalue weighted by atomic mass is 19.1. The summed E-state index contributed by atoms with van der Waals surface area (Å²) in [6.07, 6.45) is 0.627. The van der Waals surface area contributed by atoms with Crippen molar-refractivity contribution in [1.82, 2.24) is 5.32 Å². The summed E-state index contributed by atoms with van der Waals surface area (Å²) in [5.74, 6) is -0.337. The summed E-state index contributed by atoms with van der Waals surface area (Å²) < 4.78 is 18.8. The number of amides is 1. The van der Waals surface area contributed by atoms with E-state index in [4.69, 9.17) is 4.74 Å². The SMILES string of the molecule is C[C@H]1OCCN[C@@H]1C(=O)N1CCc2ccc(F)cc21. The third-order valence-electron chi connectivity index (χ3n) is 3.79. The molecule has 1 aromatic carbocycles. The normalized spacial score (nSPS) is 26.3. The Hall–Kier alpha value is -1.46. The highest BCUT2D eigenvalue weighted by Crippen LogP contribution is 2.29. The van der Waals surface area contributed by atoms with Crippen LogP contribution in [0.25, 0.3) is 0 Å².